The molecule has 0 heterocycles. The Morgan fingerprint density at radius 2 is 1.50 bits per heavy atom. The van der Waals surface area contributed by atoms with E-state index in [1.54, 1.807) is 50.5 Å². The highest BCUT2D eigenvalue weighted by Gasteiger charge is 2.16. The number of carbonyl (C=O) groups excluding carboxylic acids is 2. The zero-order valence-corrected chi connectivity index (χ0v) is 17.0. The molecule has 0 saturated heterocycles. The minimum absolute atomic E-state index is 0.0187. The van der Waals surface area contributed by atoms with Crippen molar-refractivity contribution in [3.63, 3.8) is 0 Å². The van der Waals surface area contributed by atoms with Crippen LogP contribution in [0, 0.1) is 0 Å². The van der Waals surface area contributed by atoms with E-state index in [9.17, 15) is 9.59 Å². The van der Waals surface area contributed by atoms with Crippen molar-refractivity contribution in [3.05, 3.63) is 47.5 Å². The summed E-state index contributed by atoms with van der Waals surface area (Å²) in [5.74, 6) is 0.947. The van der Waals surface area contributed by atoms with Crippen molar-refractivity contribution in [2.45, 2.75) is 20.0 Å². The molecule has 0 aliphatic heterocycles. The highest BCUT2D eigenvalue weighted by atomic mass is 16.5. The Bertz CT molecular complexity index is 862. The van der Waals surface area contributed by atoms with Crippen LogP contribution in [0.15, 0.2) is 36.4 Å². The van der Waals surface area contributed by atoms with E-state index in [-0.39, 0.29) is 17.9 Å². The highest BCUT2D eigenvalue weighted by Crippen LogP contribution is 2.30. The van der Waals surface area contributed by atoms with Gasteiger partial charge in [0.25, 0.3) is 11.8 Å². The van der Waals surface area contributed by atoms with Crippen molar-refractivity contribution < 1.29 is 23.8 Å². The second-order valence-corrected chi connectivity index (χ2v) is 6.60. The van der Waals surface area contributed by atoms with Crippen molar-refractivity contribution >= 4 is 17.5 Å². The lowest BCUT2D eigenvalue weighted by Crippen LogP contribution is -2.22. The van der Waals surface area contributed by atoms with Gasteiger partial charge in [-0.1, -0.05) is 0 Å². The molecule has 28 heavy (non-hydrogen) atoms. The van der Waals surface area contributed by atoms with Crippen LogP contribution in [0.3, 0.4) is 0 Å². The Labute approximate surface area is 165 Å². The van der Waals surface area contributed by atoms with E-state index in [0.717, 1.165) is 0 Å². The number of hydrogen-bond acceptors (Lipinski definition) is 5. The summed E-state index contributed by atoms with van der Waals surface area (Å²) in [5, 5.41) is 2.79. The zero-order valence-electron chi connectivity index (χ0n) is 17.0. The molecule has 7 heteroatoms. The van der Waals surface area contributed by atoms with Crippen LogP contribution in [0.1, 0.15) is 34.6 Å². The minimum Gasteiger partial charge on any atom is -0.495 e. The second-order valence-electron chi connectivity index (χ2n) is 6.60. The minimum atomic E-state index is -0.359. The lowest BCUT2D eigenvalue weighted by molar-refractivity contribution is 0.0827. The average Bonchev–Trinajstić information content (AvgIpc) is 2.66. The molecule has 2 amide bonds. The predicted molar refractivity (Wildman–Crippen MR) is 108 cm³/mol. The Balaban J connectivity index is 2.31. The average molecular weight is 386 g/mol. The van der Waals surface area contributed by atoms with E-state index in [1.165, 1.54) is 19.1 Å². The molecule has 0 spiro atoms. The third kappa shape index (κ3) is 4.94. The summed E-state index contributed by atoms with van der Waals surface area (Å²) in [4.78, 5) is 26.4. The van der Waals surface area contributed by atoms with Crippen molar-refractivity contribution in [2.24, 2.45) is 0 Å². The summed E-state index contributed by atoms with van der Waals surface area (Å²) in [7, 11) is 6.35. The molecule has 150 valence electrons. The second kappa shape index (κ2) is 9.12. The maximum atomic E-state index is 12.7. The summed E-state index contributed by atoms with van der Waals surface area (Å²) in [6, 6.07) is 9.83. The summed E-state index contributed by atoms with van der Waals surface area (Å²) < 4.78 is 16.3. The van der Waals surface area contributed by atoms with Crippen molar-refractivity contribution in [2.75, 3.05) is 33.6 Å². The fourth-order valence-electron chi connectivity index (χ4n) is 2.55. The number of nitrogens with one attached hydrogen (secondary N) is 1. The molecule has 2 aromatic rings. The summed E-state index contributed by atoms with van der Waals surface area (Å²) >= 11 is 0. The lowest BCUT2D eigenvalue weighted by Gasteiger charge is -2.16. The van der Waals surface area contributed by atoms with E-state index in [0.29, 0.717) is 34.1 Å². The lowest BCUT2D eigenvalue weighted by atomic mass is 10.1. The molecule has 1 N–H and O–H groups in total. The van der Waals surface area contributed by atoms with Crippen LogP contribution >= 0.6 is 0 Å². The number of ether oxygens (including phenoxy) is 3. The van der Waals surface area contributed by atoms with Crippen LogP contribution in [0.25, 0.3) is 0 Å². The molecule has 7 nitrogen and oxygen atoms in total. The van der Waals surface area contributed by atoms with Crippen LogP contribution in [-0.4, -0.2) is 51.1 Å². The smallest absolute Gasteiger partial charge is 0.255 e. The molecule has 0 saturated carbocycles. The highest BCUT2D eigenvalue weighted by molar-refractivity contribution is 6.06. The molecule has 0 fully saturated rings. The molecule has 0 aliphatic carbocycles. The van der Waals surface area contributed by atoms with Crippen molar-refractivity contribution in [1.82, 2.24) is 4.90 Å². The number of carbonyl (C=O) groups is 2. The summed E-state index contributed by atoms with van der Waals surface area (Å²) in [6.07, 6.45) is -0.0187. The van der Waals surface area contributed by atoms with Crippen LogP contribution in [0.5, 0.6) is 17.2 Å². The summed E-state index contributed by atoms with van der Waals surface area (Å²) in [5.41, 5.74) is 1.24. The zero-order chi connectivity index (χ0) is 20.8. The number of hydrogen-bond donors (Lipinski definition) is 1. The number of amides is 2. The van der Waals surface area contributed by atoms with Gasteiger partial charge in [0.05, 0.1) is 26.0 Å². The number of benzene rings is 2. The molecule has 2 aromatic carbocycles. The Kier molecular flexibility index (Phi) is 6.87. The van der Waals surface area contributed by atoms with E-state index >= 15 is 0 Å². The Hall–Kier alpha value is -3.22. The van der Waals surface area contributed by atoms with Gasteiger partial charge in [-0.05, 0) is 50.2 Å². The molecule has 0 unspecified atom stereocenters. The van der Waals surface area contributed by atoms with Gasteiger partial charge in [-0.2, -0.15) is 0 Å². The SMILES string of the molecule is COc1ccc(C(=O)N(C)C)cc1NC(=O)c1ccc(OC(C)C)c(OC)c1. The van der Waals surface area contributed by atoms with E-state index in [2.05, 4.69) is 5.32 Å². The molecule has 0 aromatic heterocycles. The van der Waals surface area contributed by atoms with Crippen LogP contribution < -0.4 is 19.5 Å². The van der Waals surface area contributed by atoms with Gasteiger partial charge in [-0.25, -0.2) is 0 Å². The number of anilines is 1. The Morgan fingerprint density at radius 1 is 0.893 bits per heavy atom. The largest absolute Gasteiger partial charge is 0.495 e. The molecule has 0 atom stereocenters. The first-order valence-corrected chi connectivity index (χ1v) is 8.82. The maximum Gasteiger partial charge on any atom is 0.255 e. The van der Waals surface area contributed by atoms with Gasteiger partial charge in [0.1, 0.15) is 5.75 Å². The van der Waals surface area contributed by atoms with Gasteiger partial charge >= 0.3 is 0 Å². The van der Waals surface area contributed by atoms with Crippen LogP contribution in [0.2, 0.25) is 0 Å². The molecule has 0 bridgehead atoms. The van der Waals surface area contributed by atoms with Crippen molar-refractivity contribution in [3.8, 4) is 17.2 Å². The normalized spacial score (nSPS) is 10.4. The van der Waals surface area contributed by atoms with Crippen molar-refractivity contribution in [1.29, 1.82) is 0 Å². The van der Waals surface area contributed by atoms with E-state index in [1.807, 2.05) is 13.8 Å². The quantitative estimate of drug-likeness (QED) is 0.789. The van der Waals surface area contributed by atoms with Gasteiger partial charge in [-0.3, -0.25) is 9.59 Å². The molecule has 2 rings (SSSR count). The predicted octanol–water partition coefficient (Wildman–Crippen LogP) is 3.45. The third-order valence-corrected chi connectivity index (χ3v) is 3.89. The van der Waals surface area contributed by atoms with Gasteiger partial charge < -0.3 is 24.4 Å². The first-order chi connectivity index (χ1) is 13.3. The number of rotatable bonds is 7. The standard InChI is InChI=1S/C21H26N2O5/c1-13(2)28-18-10-7-14(12-19(18)27-6)20(24)22-16-11-15(21(25)23(3)4)8-9-17(16)26-5/h7-13H,1-6H3,(H,22,24). The molecule has 0 aliphatic rings. The fourth-order valence-corrected chi connectivity index (χ4v) is 2.55. The first-order valence-electron chi connectivity index (χ1n) is 8.82. The topological polar surface area (TPSA) is 77.1 Å². The molecule has 0 radical (unpaired) electrons. The number of methoxy groups -OCH3 is 2. The maximum absolute atomic E-state index is 12.7. The molecular formula is C21H26N2O5. The monoisotopic (exact) mass is 386 g/mol. The van der Waals surface area contributed by atoms with Crippen LogP contribution in [-0.2, 0) is 0 Å². The third-order valence-electron chi connectivity index (χ3n) is 3.89. The summed E-state index contributed by atoms with van der Waals surface area (Å²) in [6.45, 7) is 3.82. The first kappa shape index (κ1) is 21.1. The van der Waals surface area contributed by atoms with Gasteiger partial charge in [-0.15, -0.1) is 0 Å². The molecular weight excluding hydrogens is 360 g/mol. The Morgan fingerprint density at radius 3 is 2.07 bits per heavy atom. The van der Waals surface area contributed by atoms with Crippen LogP contribution in [0.4, 0.5) is 5.69 Å². The van der Waals surface area contributed by atoms with E-state index < -0.39 is 0 Å². The van der Waals surface area contributed by atoms with Gasteiger partial charge in [0.15, 0.2) is 11.5 Å². The fraction of sp³-hybridized carbons (Fsp3) is 0.333. The van der Waals surface area contributed by atoms with Gasteiger partial charge in [0.2, 0.25) is 0 Å². The van der Waals surface area contributed by atoms with Gasteiger partial charge in [0, 0.05) is 25.2 Å². The number of nitrogens with zero attached hydrogens (tertiary/aromatic N) is 1. The van der Waals surface area contributed by atoms with E-state index in [4.69, 9.17) is 14.2 Å².